The molecule has 0 amide bonds. The second-order valence-electron chi connectivity index (χ2n) is 4.76. The monoisotopic (exact) mass is 206 g/mol. The molecule has 82 valence electrons. The van der Waals surface area contributed by atoms with Crippen molar-refractivity contribution in [2.75, 3.05) is 0 Å². The lowest BCUT2D eigenvalue weighted by Gasteiger charge is -2.31. The molecule has 1 aliphatic rings. The molecule has 0 aliphatic heterocycles. The zero-order valence-electron chi connectivity index (χ0n) is 9.25. The van der Waals surface area contributed by atoms with Crippen LogP contribution in [-0.4, -0.2) is 15.8 Å². The van der Waals surface area contributed by atoms with Gasteiger partial charge in [0, 0.05) is 17.8 Å². The fourth-order valence-corrected chi connectivity index (χ4v) is 2.37. The van der Waals surface area contributed by atoms with Crippen molar-refractivity contribution in [3.63, 3.8) is 0 Å². The third-order valence-electron chi connectivity index (χ3n) is 3.51. The predicted octanol–water partition coefficient (Wildman–Crippen LogP) is 2.49. The van der Waals surface area contributed by atoms with Crippen molar-refractivity contribution in [2.45, 2.75) is 45.4 Å². The molecule has 15 heavy (non-hydrogen) atoms. The Hall–Kier alpha value is -1.12. The topological polar surface area (TPSA) is 45.8 Å². The predicted molar refractivity (Wildman–Crippen MR) is 58.5 cm³/mol. The molecule has 1 heterocycles. The number of rotatable bonds is 3. The summed E-state index contributed by atoms with van der Waals surface area (Å²) in [6.45, 7) is 2.11. The lowest BCUT2D eigenvalue weighted by atomic mass is 9.72. The second kappa shape index (κ2) is 4.17. The van der Waals surface area contributed by atoms with Crippen molar-refractivity contribution in [3.05, 3.63) is 18.2 Å². The summed E-state index contributed by atoms with van der Waals surface area (Å²) in [5, 5.41) is 0. The molecule has 3 nitrogen and oxygen atoms in total. The van der Waals surface area contributed by atoms with Crippen molar-refractivity contribution in [2.24, 2.45) is 5.41 Å². The van der Waals surface area contributed by atoms with E-state index in [-0.39, 0.29) is 5.41 Å². The Kier molecular flexibility index (Phi) is 2.89. The van der Waals surface area contributed by atoms with Crippen molar-refractivity contribution in [1.82, 2.24) is 9.97 Å². The summed E-state index contributed by atoms with van der Waals surface area (Å²) in [6.07, 6.45) is 9.70. The summed E-state index contributed by atoms with van der Waals surface area (Å²) >= 11 is 0. The Morgan fingerprint density at radius 3 is 2.80 bits per heavy atom. The van der Waals surface area contributed by atoms with Gasteiger partial charge < -0.3 is 4.98 Å². The molecule has 1 fully saturated rings. The van der Waals surface area contributed by atoms with Crippen molar-refractivity contribution >= 4 is 5.78 Å². The first-order valence-corrected chi connectivity index (χ1v) is 5.72. The van der Waals surface area contributed by atoms with Crippen molar-refractivity contribution < 1.29 is 4.79 Å². The highest BCUT2D eigenvalue weighted by atomic mass is 16.1. The van der Waals surface area contributed by atoms with Crippen LogP contribution in [0.25, 0.3) is 0 Å². The van der Waals surface area contributed by atoms with E-state index >= 15 is 0 Å². The SMILES string of the molecule is CC1(C(=O)Cc2ncc[nH]2)CCCCC1. The third-order valence-corrected chi connectivity index (χ3v) is 3.51. The summed E-state index contributed by atoms with van der Waals surface area (Å²) < 4.78 is 0. The van der Waals surface area contributed by atoms with E-state index in [4.69, 9.17) is 0 Å². The largest absolute Gasteiger partial charge is 0.348 e. The van der Waals surface area contributed by atoms with Crippen molar-refractivity contribution in [1.29, 1.82) is 0 Å². The molecule has 1 aromatic rings. The molecule has 0 saturated heterocycles. The van der Waals surface area contributed by atoms with Crippen LogP contribution in [0.1, 0.15) is 44.9 Å². The molecule has 2 rings (SSSR count). The zero-order chi connectivity index (χ0) is 10.7. The van der Waals surface area contributed by atoms with Gasteiger partial charge in [0.25, 0.3) is 0 Å². The molecule has 1 aliphatic carbocycles. The Balaban J connectivity index is 2.00. The Labute approximate surface area is 90.3 Å². The van der Waals surface area contributed by atoms with Gasteiger partial charge >= 0.3 is 0 Å². The number of nitrogens with zero attached hydrogens (tertiary/aromatic N) is 1. The quantitative estimate of drug-likeness (QED) is 0.825. The lowest BCUT2D eigenvalue weighted by molar-refractivity contribution is -0.129. The van der Waals surface area contributed by atoms with Gasteiger partial charge in [-0.25, -0.2) is 4.98 Å². The van der Waals surface area contributed by atoms with Gasteiger partial charge in [0.15, 0.2) is 0 Å². The minimum absolute atomic E-state index is 0.0922. The van der Waals surface area contributed by atoms with E-state index in [2.05, 4.69) is 16.9 Å². The standard InChI is InChI=1S/C12H18N2O/c1-12(5-3-2-4-6-12)10(15)9-11-13-7-8-14-11/h7-8H,2-6,9H2,1H3,(H,13,14). The van der Waals surface area contributed by atoms with E-state index < -0.39 is 0 Å². The van der Waals surface area contributed by atoms with Gasteiger partial charge in [-0.2, -0.15) is 0 Å². The van der Waals surface area contributed by atoms with Gasteiger partial charge in [-0.1, -0.05) is 26.2 Å². The fourth-order valence-electron chi connectivity index (χ4n) is 2.37. The first kappa shape index (κ1) is 10.4. The number of H-pyrrole nitrogens is 1. The molecular formula is C12H18N2O. The molecular weight excluding hydrogens is 188 g/mol. The highest BCUT2D eigenvalue weighted by molar-refractivity contribution is 5.85. The Morgan fingerprint density at radius 1 is 1.47 bits per heavy atom. The second-order valence-corrected chi connectivity index (χ2v) is 4.76. The molecule has 0 bridgehead atoms. The van der Waals surface area contributed by atoms with Crippen LogP contribution >= 0.6 is 0 Å². The molecule has 0 spiro atoms. The first-order valence-electron chi connectivity index (χ1n) is 5.72. The maximum atomic E-state index is 12.1. The number of hydrogen-bond acceptors (Lipinski definition) is 2. The number of imidazole rings is 1. The number of ketones is 1. The molecule has 1 saturated carbocycles. The minimum atomic E-state index is -0.0922. The molecule has 0 unspecified atom stereocenters. The summed E-state index contributed by atoms with van der Waals surface area (Å²) in [4.78, 5) is 19.2. The normalized spacial score (nSPS) is 20.1. The average Bonchev–Trinajstić information content (AvgIpc) is 2.71. The fraction of sp³-hybridized carbons (Fsp3) is 0.667. The number of aromatic amines is 1. The van der Waals surface area contributed by atoms with Gasteiger partial charge in [0.2, 0.25) is 0 Å². The molecule has 0 atom stereocenters. The van der Waals surface area contributed by atoms with Crippen LogP contribution in [0.5, 0.6) is 0 Å². The maximum absolute atomic E-state index is 12.1. The molecule has 3 heteroatoms. The average molecular weight is 206 g/mol. The van der Waals surface area contributed by atoms with E-state index in [0.29, 0.717) is 12.2 Å². The Morgan fingerprint density at radius 2 is 2.20 bits per heavy atom. The van der Waals surface area contributed by atoms with E-state index in [1.165, 1.54) is 19.3 Å². The minimum Gasteiger partial charge on any atom is -0.348 e. The third kappa shape index (κ3) is 2.28. The van der Waals surface area contributed by atoms with Gasteiger partial charge in [-0.05, 0) is 12.8 Å². The molecule has 1 N–H and O–H groups in total. The highest BCUT2D eigenvalue weighted by Crippen LogP contribution is 2.37. The molecule has 1 aromatic heterocycles. The lowest BCUT2D eigenvalue weighted by Crippen LogP contribution is -2.31. The zero-order valence-corrected chi connectivity index (χ0v) is 9.25. The van der Waals surface area contributed by atoms with Crippen LogP contribution in [0.15, 0.2) is 12.4 Å². The van der Waals surface area contributed by atoms with E-state index in [9.17, 15) is 4.79 Å². The van der Waals surface area contributed by atoms with Crippen LogP contribution in [0.2, 0.25) is 0 Å². The number of hydrogen-bond donors (Lipinski definition) is 1. The smallest absolute Gasteiger partial charge is 0.146 e. The van der Waals surface area contributed by atoms with Gasteiger partial charge in [0.1, 0.15) is 11.6 Å². The summed E-state index contributed by atoms with van der Waals surface area (Å²) in [7, 11) is 0. The first-order chi connectivity index (χ1) is 7.21. The van der Waals surface area contributed by atoms with Gasteiger partial charge in [-0.3, -0.25) is 4.79 Å². The van der Waals surface area contributed by atoms with Gasteiger partial charge in [0.05, 0.1) is 6.42 Å². The number of Topliss-reactive ketones (excluding diaryl/α,β-unsaturated/α-hetero) is 1. The molecule has 0 aromatic carbocycles. The molecule has 0 radical (unpaired) electrons. The van der Waals surface area contributed by atoms with E-state index in [0.717, 1.165) is 18.7 Å². The van der Waals surface area contributed by atoms with Gasteiger partial charge in [-0.15, -0.1) is 0 Å². The maximum Gasteiger partial charge on any atom is 0.146 e. The summed E-state index contributed by atoms with van der Waals surface area (Å²) in [5.41, 5.74) is -0.0922. The van der Waals surface area contributed by atoms with Crippen LogP contribution in [0.4, 0.5) is 0 Å². The highest BCUT2D eigenvalue weighted by Gasteiger charge is 2.34. The van der Waals surface area contributed by atoms with E-state index in [1.807, 2.05) is 0 Å². The Bertz CT molecular complexity index is 323. The summed E-state index contributed by atoms with van der Waals surface area (Å²) in [6, 6.07) is 0. The van der Waals surface area contributed by atoms with Crippen molar-refractivity contribution in [3.8, 4) is 0 Å². The van der Waals surface area contributed by atoms with E-state index in [1.54, 1.807) is 12.4 Å². The summed E-state index contributed by atoms with van der Waals surface area (Å²) in [5.74, 6) is 1.14. The van der Waals surface area contributed by atoms with Crippen LogP contribution in [0, 0.1) is 5.41 Å². The number of aromatic nitrogens is 2. The number of nitrogens with one attached hydrogen (secondary N) is 1. The number of carbonyl (C=O) groups is 1. The van der Waals surface area contributed by atoms with Crippen LogP contribution in [0.3, 0.4) is 0 Å². The van der Waals surface area contributed by atoms with Crippen LogP contribution in [-0.2, 0) is 11.2 Å². The number of carbonyl (C=O) groups excluding carboxylic acids is 1. The van der Waals surface area contributed by atoms with Crippen LogP contribution < -0.4 is 0 Å².